The highest BCUT2D eigenvalue weighted by molar-refractivity contribution is 5.78. The number of nitrogen functional groups attached to an aromatic ring is 1. The fourth-order valence-corrected chi connectivity index (χ4v) is 2.35. The molecule has 4 nitrogen and oxygen atoms in total. The zero-order valence-electron chi connectivity index (χ0n) is 10.2. The number of pyridine rings is 1. The summed E-state index contributed by atoms with van der Waals surface area (Å²) in [7, 11) is 0. The highest BCUT2D eigenvalue weighted by atomic mass is 16.1. The highest BCUT2D eigenvalue weighted by Gasteiger charge is 2.22. The molecular formula is C13H19N3O. The second kappa shape index (κ2) is 5.27. The Morgan fingerprint density at radius 2 is 2.24 bits per heavy atom. The minimum Gasteiger partial charge on any atom is -0.384 e. The fraction of sp³-hybridized carbons (Fsp3) is 0.538. The Bertz CT molecular complexity index is 397. The van der Waals surface area contributed by atoms with Crippen LogP contribution in [0, 0.1) is 5.92 Å². The van der Waals surface area contributed by atoms with Crippen molar-refractivity contribution in [2.75, 3.05) is 18.8 Å². The first kappa shape index (κ1) is 12.0. The molecule has 0 spiro atoms. The minimum absolute atomic E-state index is 0.272. The standard InChI is InChI=1S/C13H19N3O/c1-10(17)12-3-6-16(7-4-12)9-11-2-5-15-13(14)8-11/h2,5,8,12H,3-4,6-7,9H2,1H3,(H2,14,15). The number of nitrogens with two attached hydrogens (primary N) is 1. The Morgan fingerprint density at radius 3 is 2.82 bits per heavy atom. The van der Waals surface area contributed by atoms with Crippen molar-refractivity contribution in [3.8, 4) is 0 Å². The maximum Gasteiger partial charge on any atom is 0.133 e. The molecule has 4 heteroatoms. The molecule has 1 saturated heterocycles. The van der Waals surface area contributed by atoms with E-state index in [0.29, 0.717) is 11.6 Å². The van der Waals surface area contributed by atoms with Crippen LogP contribution in [0.3, 0.4) is 0 Å². The summed E-state index contributed by atoms with van der Waals surface area (Å²) in [6.07, 6.45) is 3.71. The summed E-state index contributed by atoms with van der Waals surface area (Å²) in [5.74, 6) is 1.17. The smallest absolute Gasteiger partial charge is 0.133 e. The molecule has 0 amide bonds. The van der Waals surface area contributed by atoms with Gasteiger partial charge in [-0.1, -0.05) is 0 Å². The van der Waals surface area contributed by atoms with E-state index >= 15 is 0 Å². The molecule has 1 aliphatic heterocycles. The van der Waals surface area contributed by atoms with E-state index < -0.39 is 0 Å². The minimum atomic E-state index is 0.272. The number of ketones is 1. The quantitative estimate of drug-likeness (QED) is 0.858. The van der Waals surface area contributed by atoms with Crippen LogP contribution < -0.4 is 5.73 Å². The largest absolute Gasteiger partial charge is 0.384 e. The lowest BCUT2D eigenvalue weighted by Crippen LogP contribution is -2.35. The van der Waals surface area contributed by atoms with Gasteiger partial charge in [0.05, 0.1) is 0 Å². The Hall–Kier alpha value is -1.42. The van der Waals surface area contributed by atoms with Gasteiger partial charge in [-0.3, -0.25) is 9.69 Å². The summed E-state index contributed by atoms with van der Waals surface area (Å²) in [6.45, 7) is 4.58. The number of hydrogen-bond donors (Lipinski definition) is 1. The molecule has 2 rings (SSSR count). The molecule has 1 aliphatic rings. The number of carbonyl (C=O) groups excluding carboxylic acids is 1. The van der Waals surface area contributed by atoms with Crippen molar-refractivity contribution in [2.45, 2.75) is 26.3 Å². The molecule has 1 aromatic heterocycles. The van der Waals surface area contributed by atoms with Crippen molar-refractivity contribution >= 4 is 11.6 Å². The average Bonchev–Trinajstić information content (AvgIpc) is 2.29. The van der Waals surface area contributed by atoms with E-state index in [0.717, 1.165) is 32.5 Å². The van der Waals surface area contributed by atoms with Gasteiger partial charge in [0, 0.05) is 18.7 Å². The van der Waals surface area contributed by atoms with Gasteiger partial charge in [0.25, 0.3) is 0 Å². The van der Waals surface area contributed by atoms with Crippen molar-refractivity contribution in [1.82, 2.24) is 9.88 Å². The van der Waals surface area contributed by atoms with E-state index in [4.69, 9.17) is 5.73 Å². The zero-order valence-corrected chi connectivity index (χ0v) is 10.2. The zero-order chi connectivity index (χ0) is 12.3. The fourth-order valence-electron chi connectivity index (χ4n) is 2.35. The van der Waals surface area contributed by atoms with Crippen LogP contribution in [0.15, 0.2) is 18.3 Å². The number of nitrogens with zero attached hydrogens (tertiary/aromatic N) is 2. The number of Topliss-reactive ketones (excluding diaryl/α,β-unsaturated/α-hetero) is 1. The Morgan fingerprint density at radius 1 is 1.53 bits per heavy atom. The molecule has 17 heavy (non-hydrogen) atoms. The van der Waals surface area contributed by atoms with Crippen molar-refractivity contribution in [2.24, 2.45) is 5.92 Å². The number of piperidine rings is 1. The molecule has 0 bridgehead atoms. The first-order chi connectivity index (χ1) is 8.15. The van der Waals surface area contributed by atoms with E-state index in [1.54, 1.807) is 13.1 Å². The van der Waals surface area contributed by atoms with Crippen LogP contribution in [0.2, 0.25) is 0 Å². The number of likely N-dealkylation sites (tertiary alicyclic amines) is 1. The van der Waals surface area contributed by atoms with Gasteiger partial charge >= 0.3 is 0 Å². The molecule has 0 radical (unpaired) electrons. The van der Waals surface area contributed by atoms with Gasteiger partial charge in [0.1, 0.15) is 11.6 Å². The summed E-state index contributed by atoms with van der Waals surface area (Å²) in [4.78, 5) is 17.6. The molecule has 0 atom stereocenters. The monoisotopic (exact) mass is 233 g/mol. The number of anilines is 1. The molecule has 1 aromatic rings. The molecule has 0 aromatic carbocycles. The lowest BCUT2D eigenvalue weighted by molar-refractivity contribution is -0.122. The lowest BCUT2D eigenvalue weighted by atomic mass is 9.93. The van der Waals surface area contributed by atoms with Crippen LogP contribution in [0.4, 0.5) is 5.82 Å². The van der Waals surface area contributed by atoms with E-state index in [9.17, 15) is 4.79 Å². The van der Waals surface area contributed by atoms with Gasteiger partial charge in [0.2, 0.25) is 0 Å². The van der Waals surface area contributed by atoms with Crippen LogP contribution >= 0.6 is 0 Å². The summed E-state index contributed by atoms with van der Waals surface area (Å²) in [6, 6.07) is 3.91. The van der Waals surface area contributed by atoms with Gasteiger partial charge in [-0.15, -0.1) is 0 Å². The summed E-state index contributed by atoms with van der Waals surface area (Å²) >= 11 is 0. The van der Waals surface area contributed by atoms with Gasteiger partial charge in [-0.05, 0) is 50.6 Å². The lowest BCUT2D eigenvalue weighted by Gasteiger charge is -2.30. The van der Waals surface area contributed by atoms with Crippen molar-refractivity contribution < 1.29 is 4.79 Å². The molecule has 2 heterocycles. The van der Waals surface area contributed by atoms with Gasteiger partial charge in [0.15, 0.2) is 0 Å². The predicted octanol–water partition coefficient (Wildman–Crippen LogP) is 1.46. The van der Waals surface area contributed by atoms with Gasteiger partial charge < -0.3 is 5.73 Å². The molecule has 0 aliphatic carbocycles. The summed E-state index contributed by atoms with van der Waals surface area (Å²) in [5, 5.41) is 0. The van der Waals surface area contributed by atoms with Crippen molar-refractivity contribution in [3.63, 3.8) is 0 Å². The van der Waals surface area contributed by atoms with E-state index in [2.05, 4.69) is 9.88 Å². The third kappa shape index (κ3) is 3.27. The second-order valence-corrected chi connectivity index (χ2v) is 4.75. The third-order valence-corrected chi connectivity index (χ3v) is 3.41. The first-order valence-corrected chi connectivity index (χ1v) is 6.08. The van der Waals surface area contributed by atoms with Crippen LogP contribution in [0.5, 0.6) is 0 Å². The molecular weight excluding hydrogens is 214 g/mol. The maximum absolute atomic E-state index is 11.3. The van der Waals surface area contributed by atoms with Crippen molar-refractivity contribution in [1.29, 1.82) is 0 Å². The summed E-state index contributed by atoms with van der Waals surface area (Å²) < 4.78 is 0. The normalized spacial score (nSPS) is 18.2. The summed E-state index contributed by atoms with van der Waals surface area (Å²) in [5.41, 5.74) is 6.84. The molecule has 92 valence electrons. The number of carbonyl (C=O) groups is 1. The molecule has 1 fully saturated rings. The third-order valence-electron chi connectivity index (χ3n) is 3.41. The van der Waals surface area contributed by atoms with E-state index in [1.165, 1.54) is 5.56 Å². The second-order valence-electron chi connectivity index (χ2n) is 4.75. The maximum atomic E-state index is 11.3. The number of rotatable bonds is 3. The molecule has 0 saturated carbocycles. The Labute approximate surface area is 102 Å². The Kier molecular flexibility index (Phi) is 3.74. The number of aromatic nitrogens is 1. The van der Waals surface area contributed by atoms with Crippen molar-refractivity contribution in [3.05, 3.63) is 23.9 Å². The van der Waals surface area contributed by atoms with E-state index in [-0.39, 0.29) is 5.92 Å². The van der Waals surface area contributed by atoms with Gasteiger partial charge in [-0.25, -0.2) is 4.98 Å². The van der Waals surface area contributed by atoms with Crippen LogP contribution in [0.1, 0.15) is 25.3 Å². The van der Waals surface area contributed by atoms with Gasteiger partial charge in [-0.2, -0.15) is 0 Å². The first-order valence-electron chi connectivity index (χ1n) is 6.08. The Balaban J connectivity index is 1.88. The SMILES string of the molecule is CC(=O)C1CCN(Cc2ccnc(N)c2)CC1. The predicted molar refractivity (Wildman–Crippen MR) is 67.3 cm³/mol. The molecule has 2 N–H and O–H groups in total. The van der Waals surface area contributed by atoms with Crippen LogP contribution in [-0.2, 0) is 11.3 Å². The highest BCUT2D eigenvalue weighted by Crippen LogP contribution is 2.19. The topological polar surface area (TPSA) is 59.2 Å². The number of hydrogen-bond acceptors (Lipinski definition) is 4. The van der Waals surface area contributed by atoms with E-state index in [1.807, 2.05) is 12.1 Å². The molecule has 0 unspecified atom stereocenters. The van der Waals surface area contributed by atoms with Crippen LogP contribution in [-0.4, -0.2) is 28.8 Å². The average molecular weight is 233 g/mol. The van der Waals surface area contributed by atoms with Crippen LogP contribution in [0.25, 0.3) is 0 Å².